The molecule has 158 valence electrons. The number of anilines is 1. The number of amides is 2. The maximum absolute atomic E-state index is 13.1. The lowest BCUT2D eigenvalue weighted by atomic mass is 10.0. The van der Waals surface area contributed by atoms with Gasteiger partial charge in [0.25, 0.3) is 5.91 Å². The van der Waals surface area contributed by atoms with E-state index in [1.54, 1.807) is 12.4 Å². The molecule has 0 aliphatic carbocycles. The van der Waals surface area contributed by atoms with Crippen LogP contribution >= 0.6 is 0 Å². The van der Waals surface area contributed by atoms with E-state index >= 15 is 0 Å². The average Bonchev–Trinajstić information content (AvgIpc) is 3.28. The molecule has 6 heteroatoms. The molecule has 1 N–H and O–H groups in total. The Labute approximate surface area is 185 Å². The number of para-hydroxylation sites is 1. The first-order valence-electron chi connectivity index (χ1n) is 10.7. The van der Waals surface area contributed by atoms with Crippen LogP contribution in [0.2, 0.25) is 0 Å². The number of hydrogen-bond donors (Lipinski definition) is 1. The molecular weight excluding hydrogens is 400 g/mol. The summed E-state index contributed by atoms with van der Waals surface area (Å²) in [6.45, 7) is 1.16. The van der Waals surface area contributed by atoms with Crippen LogP contribution in [0.1, 0.15) is 28.8 Å². The third-order valence-corrected chi connectivity index (χ3v) is 5.69. The average molecular weight is 422 g/mol. The Bertz CT molecular complexity index is 1290. The largest absolute Gasteiger partial charge is 0.348 e. The van der Waals surface area contributed by atoms with Crippen LogP contribution in [0, 0.1) is 0 Å². The zero-order valence-electron chi connectivity index (χ0n) is 17.5. The minimum atomic E-state index is -0.160. The summed E-state index contributed by atoms with van der Waals surface area (Å²) in [5.41, 5.74) is 4.79. The van der Waals surface area contributed by atoms with Crippen LogP contribution in [0.5, 0.6) is 0 Å². The van der Waals surface area contributed by atoms with E-state index in [4.69, 9.17) is 4.98 Å². The summed E-state index contributed by atoms with van der Waals surface area (Å²) < 4.78 is 0. The Balaban J connectivity index is 1.37. The number of rotatable bonds is 5. The van der Waals surface area contributed by atoms with Crippen LogP contribution in [0.3, 0.4) is 0 Å². The fraction of sp³-hybridized carbons (Fsp3) is 0.154. The molecule has 2 amide bonds. The number of benzene rings is 2. The predicted molar refractivity (Wildman–Crippen MR) is 124 cm³/mol. The lowest BCUT2D eigenvalue weighted by Gasteiger charge is -2.16. The molecule has 32 heavy (non-hydrogen) atoms. The van der Waals surface area contributed by atoms with E-state index < -0.39 is 0 Å². The van der Waals surface area contributed by atoms with Gasteiger partial charge < -0.3 is 10.2 Å². The Hall–Kier alpha value is -4.06. The van der Waals surface area contributed by atoms with Gasteiger partial charge in [-0.15, -0.1) is 0 Å². The summed E-state index contributed by atoms with van der Waals surface area (Å²) in [6.07, 6.45) is 4.96. The number of pyridine rings is 2. The van der Waals surface area contributed by atoms with Crippen LogP contribution in [0.4, 0.5) is 5.69 Å². The van der Waals surface area contributed by atoms with Crippen molar-refractivity contribution in [2.24, 2.45) is 0 Å². The minimum Gasteiger partial charge on any atom is -0.348 e. The first kappa shape index (κ1) is 19.9. The highest BCUT2D eigenvalue weighted by molar-refractivity contribution is 6.07. The highest BCUT2D eigenvalue weighted by Gasteiger charge is 2.21. The molecule has 0 unspecified atom stereocenters. The SMILES string of the molecule is O=C(NCc1ccc(N2CCCC2=O)cc1)c1cc(-c2cccnc2)nc2ccccc12. The second-order valence-electron chi connectivity index (χ2n) is 7.81. The van der Waals surface area contributed by atoms with E-state index in [0.29, 0.717) is 24.2 Å². The quantitative estimate of drug-likeness (QED) is 0.519. The van der Waals surface area contributed by atoms with Gasteiger partial charge in [0.05, 0.1) is 16.8 Å². The van der Waals surface area contributed by atoms with E-state index in [0.717, 1.165) is 40.7 Å². The topological polar surface area (TPSA) is 75.2 Å². The van der Waals surface area contributed by atoms with Crippen molar-refractivity contribution in [3.05, 3.63) is 90.3 Å². The summed E-state index contributed by atoms with van der Waals surface area (Å²) in [7, 11) is 0. The highest BCUT2D eigenvalue weighted by Crippen LogP contribution is 2.25. The fourth-order valence-electron chi connectivity index (χ4n) is 4.02. The lowest BCUT2D eigenvalue weighted by molar-refractivity contribution is -0.117. The molecule has 3 heterocycles. The number of aromatic nitrogens is 2. The van der Waals surface area contributed by atoms with Gasteiger partial charge in [-0.2, -0.15) is 0 Å². The van der Waals surface area contributed by atoms with Crippen molar-refractivity contribution in [3.8, 4) is 11.3 Å². The molecule has 1 saturated heterocycles. The van der Waals surface area contributed by atoms with Crippen LogP contribution < -0.4 is 10.2 Å². The Morgan fingerprint density at radius 1 is 1.03 bits per heavy atom. The first-order valence-corrected chi connectivity index (χ1v) is 10.7. The number of hydrogen-bond acceptors (Lipinski definition) is 4. The van der Waals surface area contributed by atoms with Gasteiger partial charge in [-0.05, 0) is 48.4 Å². The van der Waals surface area contributed by atoms with Gasteiger partial charge in [0, 0.05) is 48.5 Å². The zero-order chi connectivity index (χ0) is 21.9. The zero-order valence-corrected chi connectivity index (χ0v) is 17.5. The molecule has 5 rings (SSSR count). The van der Waals surface area contributed by atoms with Gasteiger partial charge in [0.1, 0.15) is 0 Å². The van der Waals surface area contributed by atoms with Crippen molar-refractivity contribution < 1.29 is 9.59 Å². The van der Waals surface area contributed by atoms with E-state index in [2.05, 4.69) is 10.3 Å². The minimum absolute atomic E-state index is 0.160. The molecule has 1 fully saturated rings. The molecule has 0 atom stereocenters. The number of carbonyl (C=O) groups excluding carboxylic acids is 2. The highest BCUT2D eigenvalue weighted by atomic mass is 16.2. The number of fused-ring (bicyclic) bond motifs is 1. The van der Waals surface area contributed by atoms with Gasteiger partial charge in [0.2, 0.25) is 5.91 Å². The molecule has 2 aromatic heterocycles. The van der Waals surface area contributed by atoms with Crippen LogP contribution in [-0.4, -0.2) is 28.3 Å². The van der Waals surface area contributed by atoms with Gasteiger partial charge in [-0.25, -0.2) is 4.98 Å². The molecule has 0 bridgehead atoms. The summed E-state index contributed by atoms with van der Waals surface area (Å²) in [6, 6.07) is 21.0. The fourth-order valence-corrected chi connectivity index (χ4v) is 4.02. The van der Waals surface area contributed by atoms with Crippen molar-refractivity contribution in [1.82, 2.24) is 15.3 Å². The summed E-state index contributed by atoms with van der Waals surface area (Å²) in [5.74, 6) is 0.00701. The van der Waals surface area contributed by atoms with Gasteiger partial charge >= 0.3 is 0 Å². The normalized spacial score (nSPS) is 13.5. The summed E-state index contributed by atoms with van der Waals surface area (Å²) >= 11 is 0. The van der Waals surface area contributed by atoms with Crippen LogP contribution in [0.25, 0.3) is 22.2 Å². The van der Waals surface area contributed by atoms with Crippen LogP contribution in [0.15, 0.2) is 79.1 Å². The third-order valence-electron chi connectivity index (χ3n) is 5.69. The molecule has 1 aliphatic heterocycles. The summed E-state index contributed by atoms with van der Waals surface area (Å²) in [5, 5.41) is 3.83. The standard InChI is InChI=1S/C26H22N4O2/c31-25-8-4-14-30(25)20-11-9-18(10-12-20)16-28-26(32)22-15-24(19-5-3-13-27-17-19)29-23-7-2-1-6-21(22)23/h1-3,5-7,9-13,15,17H,4,8,14,16H2,(H,28,32). The van der Waals surface area contributed by atoms with Crippen molar-refractivity contribution in [3.63, 3.8) is 0 Å². The second kappa shape index (κ2) is 8.59. The number of nitrogens with one attached hydrogen (secondary N) is 1. The number of carbonyl (C=O) groups is 2. The predicted octanol–water partition coefficient (Wildman–Crippen LogP) is 4.35. The lowest BCUT2D eigenvalue weighted by Crippen LogP contribution is -2.24. The molecule has 1 aliphatic rings. The van der Waals surface area contributed by atoms with Crippen molar-refractivity contribution in [1.29, 1.82) is 0 Å². The van der Waals surface area contributed by atoms with Gasteiger partial charge in [-0.3, -0.25) is 14.6 Å². The molecule has 4 aromatic rings. The van der Waals surface area contributed by atoms with E-state index in [9.17, 15) is 9.59 Å². The monoisotopic (exact) mass is 422 g/mol. The molecule has 6 nitrogen and oxygen atoms in total. The molecule has 0 saturated carbocycles. The van der Waals surface area contributed by atoms with E-state index in [-0.39, 0.29) is 11.8 Å². The second-order valence-corrected chi connectivity index (χ2v) is 7.81. The first-order chi connectivity index (χ1) is 15.7. The van der Waals surface area contributed by atoms with Crippen LogP contribution in [-0.2, 0) is 11.3 Å². The molecule has 0 spiro atoms. The molecule has 2 aromatic carbocycles. The Morgan fingerprint density at radius 3 is 2.62 bits per heavy atom. The van der Waals surface area contributed by atoms with E-state index in [1.807, 2.05) is 71.6 Å². The maximum atomic E-state index is 13.1. The van der Waals surface area contributed by atoms with Crippen molar-refractivity contribution in [2.75, 3.05) is 11.4 Å². The third kappa shape index (κ3) is 3.95. The smallest absolute Gasteiger partial charge is 0.252 e. The summed E-state index contributed by atoms with van der Waals surface area (Å²) in [4.78, 5) is 35.7. The van der Waals surface area contributed by atoms with Gasteiger partial charge in [0.15, 0.2) is 0 Å². The maximum Gasteiger partial charge on any atom is 0.252 e. The Kier molecular flexibility index (Phi) is 5.34. The van der Waals surface area contributed by atoms with E-state index in [1.165, 1.54) is 0 Å². The van der Waals surface area contributed by atoms with Crippen molar-refractivity contribution in [2.45, 2.75) is 19.4 Å². The molecular formula is C26H22N4O2. The molecule has 0 radical (unpaired) electrons. The Morgan fingerprint density at radius 2 is 1.88 bits per heavy atom. The number of nitrogens with zero attached hydrogens (tertiary/aromatic N) is 3. The van der Waals surface area contributed by atoms with Gasteiger partial charge in [-0.1, -0.05) is 30.3 Å². The van der Waals surface area contributed by atoms with Crippen molar-refractivity contribution >= 4 is 28.4 Å².